The van der Waals surface area contributed by atoms with Crippen molar-refractivity contribution >= 4 is 17.6 Å². The number of nitrogens with zero attached hydrogens (tertiary/aromatic N) is 4. The topological polar surface area (TPSA) is 119 Å². The molecular formula is C11H14N4O5. The first-order chi connectivity index (χ1) is 9.49. The summed E-state index contributed by atoms with van der Waals surface area (Å²) in [6, 6.07) is -0.755. The van der Waals surface area contributed by atoms with Crippen molar-refractivity contribution in [2.45, 2.75) is 31.8 Å². The summed E-state index contributed by atoms with van der Waals surface area (Å²) in [4.78, 5) is 34.2. The minimum atomic E-state index is -0.995. The van der Waals surface area contributed by atoms with Crippen molar-refractivity contribution in [1.82, 2.24) is 14.7 Å². The Hall–Kier alpha value is -2.45. The molecule has 2 rings (SSSR count). The van der Waals surface area contributed by atoms with Crippen molar-refractivity contribution in [1.29, 1.82) is 0 Å². The molecule has 1 aliphatic rings. The van der Waals surface area contributed by atoms with Gasteiger partial charge in [-0.1, -0.05) is 0 Å². The van der Waals surface area contributed by atoms with Crippen LogP contribution in [0.4, 0.5) is 5.69 Å². The van der Waals surface area contributed by atoms with E-state index < -0.39 is 16.9 Å². The standard InChI is InChI=1S/C11H14N4O5/c16-10(14-4-1-2-9(14)11(17)18)3-5-13-7-8(6-12-13)15(19)20/h6-7,9H,1-5H2,(H,17,18). The molecule has 0 spiro atoms. The molecule has 0 radical (unpaired) electrons. The first-order valence-corrected chi connectivity index (χ1v) is 6.18. The summed E-state index contributed by atoms with van der Waals surface area (Å²) in [6.45, 7) is 0.630. The molecule has 2 heterocycles. The fourth-order valence-electron chi connectivity index (χ4n) is 2.24. The summed E-state index contributed by atoms with van der Waals surface area (Å²) >= 11 is 0. The van der Waals surface area contributed by atoms with E-state index in [1.807, 2.05) is 0 Å². The Balaban J connectivity index is 1.91. The molecule has 0 aliphatic carbocycles. The van der Waals surface area contributed by atoms with E-state index in [0.29, 0.717) is 19.4 Å². The summed E-state index contributed by atoms with van der Waals surface area (Å²) in [5.74, 6) is -1.27. The van der Waals surface area contributed by atoms with E-state index >= 15 is 0 Å². The van der Waals surface area contributed by atoms with E-state index in [0.717, 1.165) is 6.20 Å². The summed E-state index contributed by atoms with van der Waals surface area (Å²) in [5, 5.41) is 23.3. The molecule has 1 amide bonds. The first kappa shape index (κ1) is 14.0. The molecule has 0 aromatic carbocycles. The molecule has 1 aromatic heterocycles. The predicted molar refractivity (Wildman–Crippen MR) is 65.9 cm³/mol. The third kappa shape index (κ3) is 2.92. The first-order valence-electron chi connectivity index (χ1n) is 6.18. The lowest BCUT2D eigenvalue weighted by Crippen LogP contribution is -2.40. The van der Waals surface area contributed by atoms with E-state index in [4.69, 9.17) is 5.11 Å². The van der Waals surface area contributed by atoms with Crippen molar-refractivity contribution < 1.29 is 19.6 Å². The normalized spacial score (nSPS) is 18.2. The zero-order chi connectivity index (χ0) is 14.7. The highest BCUT2D eigenvalue weighted by molar-refractivity contribution is 5.84. The number of aryl methyl sites for hydroxylation is 1. The van der Waals surface area contributed by atoms with Crippen LogP contribution in [0.1, 0.15) is 19.3 Å². The molecule has 9 nitrogen and oxygen atoms in total. The molecule has 1 atom stereocenters. The fourth-order valence-corrected chi connectivity index (χ4v) is 2.24. The van der Waals surface area contributed by atoms with Crippen LogP contribution in [0.5, 0.6) is 0 Å². The highest BCUT2D eigenvalue weighted by atomic mass is 16.6. The third-order valence-corrected chi connectivity index (χ3v) is 3.24. The van der Waals surface area contributed by atoms with Crippen molar-refractivity contribution in [3.63, 3.8) is 0 Å². The number of hydrogen-bond acceptors (Lipinski definition) is 5. The molecule has 0 bridgehead atoms. The number of likely N-dealkylation sites (tertiary alicyclic amines) is 1. The van der Waals surface area contributed by atoms with Crippen LogP contribution in [0, 0.1) is 10.1 Å². The Kier molecular flexibility index (Phi) is 3.97. The molecule has 1 aromatic rings. The maximum absolute atomic E-state index is 12.0. The number of carboxylic acids is 1. The highest BCUT2D eigenvalue weighted by Gasteiger charge is 2.33. The zero-order valence-electron chi connectivity index (χ0n) is 10.6. The Morgan fingerprint density at radius 3 is 2.90 bits per heavy atom. The van der Waals surface area contributed by atoms with Gasteiger partial charge in [-0.15, -0.1) is 0 Å². The number of rotatable bonds is 5. The molecule has 1 aliphatic heterocycles. The Labute approximate surface area is 113 Å². The van der Waals surface area contributed by atoms with E-state index in [2.05, 4.69) is 5.10 Å². The number of amides is 1. The van der Waals surface area contributed by atoms with E-state index in [9.17, 15) is 19.7 Å². The quantitative estimate of drug-likeness (QED) is 0.611. The number of carbonyl (C=O) groups is 2. The van der Waals surface area contributed by atoms with Gasteiger partial charge >= 0.3 is 11.7 Å². The van der Waals surface area contributed by atoms with Crippen LogP contribution in [0.3, 0.4) is 0 Å². The van der Waals surface area contributed by atoms with E-state index in [-0.39, 0.29) is 24.6 Å². The van der Waals surface area contributed by atoms with Gasteiger partial charge in [0.2, 0.25) is 5.91 Å². The number of hydrogen-bond donors (Lipinski definition) is 1. The molecule has 1 unspecified atom stereocenters. The van der Waals surface area contributed by atoms with Crippen LogP contribution < -0.4 is 0 Å². The second kappa shape index (κ2) is 5.68. The number of nitro groups is 1. The largest absolute Gasteiger partial charge is 0.480 e. The van der Waals surface area contributed by atoms with Gasteiger partial charge in [0.25, 0.3) is 0 Å². The molecule has 108 valence electrons. The Bertz CT molecular complexity index is 541. The molecule has 20 heavy (non-hydrogen) atoms. The van der Waals surface area contributed by atoms with Crippen molar-refractivity contribution in [2.75, 3.05) is 6.54 Å². The SMILES string of the molecule is O=C(O)C1CCCN1C(=O)CCn1cc([N+](=O)[O-])cn1. The molecule has 1 N–H and O–H groups in total. The summed E-state index contributed by atoms with van der Waals surface area (Å²) in [5.41, 5.74) is -0.137. The molecule has 9 heteroatoms. The van der Waals surface area contributed by atoms with Gasteiger partial charge in [0.05, 0.1) is 4.92 Å². The fraction of sp³-hybridized carbons (Fsp3) is 0.545. The average Bonchev–Trinajstić information content (AvgIpc) is 3.04. The second-order valence-corrected chi connectivity index (χ2v) is 4.55. The van der Waals surface area contributed by atoms with Crippen LogP contribution in [0.2, 0.25) is 0 Å². The predicted octanol–water partition coefficient (Wildman–Crippen LogP) is 0.257. The zero-order valence-corrected chi connectivity index (χ0v) is 10.6. The van der Waals surface area contributed by atoms with Crippen LogP contribution in [-0.4, -0.2) is 49.2 Å². The van der Waals surface area contributed by atoms with Gasteiger partial charge in [-0.05, 0) is 12.8 Å². The van der Waals surface area contributed by atoms with Crippen LogP contribution in [0.25, 0.3) is 0 Å². The van der Waals surface area contributed by atoms with Gasteiger partial charge in [0, 0.05) is 19.5 Å². The average molecular weight is 282 g/mol. The number of aromatic nitrogens is 2. The minimum Gasteiger partial charge on any atom is -0.480 e. The minimum absolute atomic E-state index is 0.0720. The summed E-state index contributed by atoms with van der Waals surface area (Å²) in [6.07, 6.45) is 3.57. The van der Waals surface area contributed by atoms with Crippen LogP contribution in [0.15, 0.2) is 12.4 Å². The van der Waals surface area contributed by atoms with Gasteiger partial charge in [-0.2, -0.15) is 5.10 Å². The van der Waals surface area contributed by atoms with Gasteiger partial charge in [-0.25, -0.2) is 4.79 Å². The van der Waals surface area contributed by atoms with Crippen LogP contribution >= 0.6 is 0 Å². The second-order valence-electron chi connectivity index (χ2n) is 4.55. The van der Waals surface area contributed by atoms with Crippen LogP contribution in [-0.2, 0) is 16.1 Å². The summed E-state index contributed by atoms with van der Waals surface area (Å²) < 4.78 is 1.31. The lowest BCUT2D eigenvalue weighted by atomic mass is 10.2. The summed E-state index contributed by atoms with van der Waals surface area (Å²) in [7, 11) is 0. The van der Waals surface area contributed by atoms with Crippen molar-refractivity contribution in [3.05, 3.63) is 22.5 Å². The third-order valence-electron chi connectivity index (χ3n) is 3.24. The Morgan fingerprint density at radius 1 is 1.55 bits per heavy atom. The maximum atomic E-state index is 12.0. The van der Waals surface area contributed by atoms with E-state index in [1.165, 1.54) is 15.8 Å². The van der Waals surface area contributed by atoms with Crippen molar-refractivity contribution in [2.24, 2.45) is 0 Å². The Morgan fingerprint density at radius 2 is 2.30 bits per heavy atom. The molecule has 1 fully saturated rings. The van der Waals surface area contributed by atoms with Gasteiger partial charge in [0.1, 0.15) is 18.4 Å². The monoisotopic (exact) mass is 282 g/mol. The number of carboxylic acid groups (broad SMARTS) is 1. The maximum Gasteiger partial charge on any atom is 0.326 e. The van der Waals surface area contributed by atoms with Gasteiger partial charge in [0.15, 0.2) is 0 Å². The van der Waals surface area contributed by atoms with Gasteiger partial charge < -0.3 is 10.0 Å². The van der Waals surface area contributed by atoms with Gasteiger partial charge in [-0.3, -0.25) is 19.6 Å². The van der Waals surface area contributed by atoms with Crippen molar-refractivity contribution in [3.8, 4) is 0 Å². The lowest BCUT2D eigenvalue weighted by Gasteiger charge is -2.21. The lowest BCUT2D eigenvalue weighted by molar-refractivity contribution is -0.385. The van der Waals surface area contributed by atoms with E-state index in [1.54, 1.807) is 0 Å². The number of aliphatic carboxylic acids is 1. The number of carbonyl (C=O) groups excluding carboxylic acids is 1. The molecule has 1 saturated heterocycles. The smallest absolute Gasteiger partial charge is 0.326 e. The molecular weight excluding hydrogens is 268 g/mol. The molecule has 0 saturated carbocycles. The highest BCUT2D eigenvalue weighted by Crippen LogP contribution is 2.18.